The van der Waals surface area contributed by atoms with Crippen LogP contribution in [-0.4, -0.2) is 49.1 Å². The zero-order valence-corrected chi connectivity index (χ0v) is 15.7. The molecule has 0 radical (unpaired) electrons. The number of hydrogen-bond donors (Lipinski definition) is 2. The van der Waals surface area contributed by atoms with Gasteiger partial charge < -0.3 is 20.1 Å². The highest BCUT2D eigenvalue weighted by Gasteiger charge is 2.32. The summed E-state index contributed by atoms with van der Waals surface area (Å²) >= 11 is 0. The van der Waals surface area contributed by atoms with Gasteiger partial charge in [0.05, 0.1) is 0 Å². The third-order valence-electron chi connectivity index (χ3n) is 4.03. The van der Waals surface area contributed by atoms with Crippen LogP contribution < -0.4 is 10.6 Å². The molecule has 2 N–H and O–H groups in total. The van der Waals surface area contributed by atoms with E-state index in [9.17, 15) is 22.8 Å². The van der Waals surface area contributed by atoms with Crippen molar-refractivity contribution >= 4 is 12.0 Å². The van der Waals surface area contributed by atoms with Crippen LogP contribution >= 0.6 is 0 Å². The second-order valence-corrected chi connectivity index (χ2v) is 7.61. The van der Waals surface area contributed by atoms with Gasteiger partial charge >= 0.3 is 12.3 Å². The Balaban J connectivity index is 2.57. The van der Waals surface area contributed by atoms with Gasteiger partial charge in [0.1, 0.15) is 18.3 Å². The molecule has 0 spiro atoms. The molecule has 2 atom stereocenters. The van der Waals surface area contributed by atoms with E-state index in [1.807, 2.05) is 0 Å². The number of rotatable bonds is 7. The minimum Gasteiger partial charge on any atom is -0.444 e. The van der Waals surface area contributed by atoms with E-state index in [0.29, 0.717) is 0 Å². The van der Waals surface area contributed by atoms with Gasteiger partial charge in [-0.05, 0) is 46.5 Å². The van der Waals surface area contributed by atoms with Crippen LogP contribution in [0.4, 0.5) is 18.0 Å². The predicted octanol–water partition coefficient (Wildman–Crippen LogP) is 3.15. The number of halogens is 3. The Morgan fingerprint density at radius 3 is 2.23 bits per heavy atom. The highest BCUT2D eigenvalue weighted by molar-refractivity contribution is 5.80. The lowest BCUT2D eigenvalue weighted by molar-refractivity contribution is -0.185. The minimum absolute atomic E-state index is 0.150. The van der Waals surface area contributed by atoms with E-state index in [1.54, 1.807) is 20.8 Å². The highest BCUT2D eigenvalue weighted by Crippen LogP contribution is 2.27. The number of alkyl carbamates (subject to hydrolysis) is 1. The molecular weight excluding hydrogens is 353 g/mol. The van der Waals surface area contributed by atoms with Crippen molar-refractivity contribution in [3.8, 4) is 0 Å². The van der Waals surface area contributed by atoms with Gasteiger partial charge in [-0.1, -0.05) is 12.8 Å². The van der Waals surface area contributed by atoms with Gasteiger partial charge in [0.25, 0.3) is 0 Å². The van der Waals surface area contributed by atoms with Crippen LogP contribution in [0.5, 0.6) is 0 Å². The Morgan fingerprint density at radius 1 is 1.15 bits per heavy atom. The number of carbonyl (C=O) groups excluding carboxylic acids is 2. The van der Waals surface area contributed by atoms with E-state index >= 15 is 0 Å². The fraction of sp³-hybridized carbons (Fsp3) is 0.882. The van der Waals surface area contributed by atoms with E-state index in [2.05, 4.69) is 15.4 Å². The third-order valence-corrected chi connectivity index (χ3v) is 4.03. The summed E-state index contributed by atoms with van der Waals surface area (Å²) in [4.78, 5) is 24.0. The predicted molar refractivity (Wildman–Crippen MR) is 89.6 cm³/mol. The number of nitrogens with one attached hydrogen (secondary N) is 2. The summed E-state index contributed by atoms with van der Waals surface area (Å²) < 4.78 is 46.4. The van der Waals surface area contributed by atoms with Gasteiger partial charge in [0, 0.05) is 12.6 Å². The zero-order valence-electron chi connectivity index (χ0n) is 15.7. The van der Waals surface area contributed by atoms with Crippen LogP contribution in [0.3, 0.4) is 0 Å². The molecular formula is C17H29F3N2O4. The molecule has 0 aliphatic heterocycles. The van der Waals surface area contributed by atoms with Crippen molar-refractivity contribution in [1.29, 1.82) is 0 Å². The van der Waals surface area contributed by atoms with Crippen molar-refractivity contribution in [2.75, 3.05) is 13.2 Å². The summed E-state index contributed by atoms with van der Waals surface area (Å²) in [6.45, 7) is 5.16. The molecule has 1 fully saturated rings. The largest absolute Gasteiger partial charge is 0.444 e. The van der Waals surface area contributed by atoms with Crippen molar-refractivity contribution < 1.29 is 32.2 Å². The molecule has 0 heterocycles. The molecule has 0 unspecified atom stereocenters. The Hall–Kier alpha value is -1.51. The SMILES string of the molecule is C[C@@H](OCC(F)(F)F)C(=O)N[C@H](CNC(=O)OC(C)(C)C)C1CCCC1. The van der Waals surface area contributed by atoms with E-state index in [0.717, 1.165) is 25.7 Å². The van der Waals surface area contributed by atoms with Crippen LogP contribution in [0.2, 0.25) is 0 Å². The number of alkyl halides is 3. The van der Waals surface area contributed by atoms with Crippen LogP contribution in [0.15, 0.2) is 0 Å². The lowest BCUT2D eigenvalue weighted by atomic mass is 9.97. The van der Waals surface area contributed by atoms with Gasteiger partial charge in [0.15, 0.2) is 0 Å². The molecule has 0 aromatic rings. The van der Waals surface area contributed by atoms with Crippen molar-refractivity contribution in [3.63, 3.8) is 0 Å². The molecule has 1 aliphatic carbocycles. The second-order valence-electron chi connectivity index (χ2n) is 7.61. The maximum absolute atomic E-state index is 12.2. The number of carbonyl (C=O) groups is 2. The minimum atomic E-state index is -4.49. The van der Waals surface area contributed by atoms with Crippen molar-refractivity contribution in [2.45, 2.75) is 77.3 Å². The van der Waals surface area contributed by atoms with Crippen LogP contribution in [0.25, 0.3) is 0 Å². The number of amides is 2. The smallest absolute Gasteiger partial charge is 0.411 e. The molecule has 1 saturated carbocycles. The highest BCUT2D eigenvalue weighted by atomic mass is 19.4. The lowest BCUT2D eigenvalue weighted by Crippen LogP contribution is -2.51. The van der Waals surface area contributed by atoms with Gasteiger partial charge in [-0.2, -0.15) is 13.2 Å². The first-order chi connectivity index (χ1) is 11.9. The first-order valence-electron chi connectivity index (χ1n) is 8.83. The monoisotopic (exact) mass is 382 g/mol. The molecule has 1 aliphatic rings. The van der Waals surface area contributed by atoms with Gasteiger partial charge in [-0.25, -0.2) is 4.79 Å². The fourth-order valence-corrected chi connectivity index (χ4v) is 2.80. The Bertz CT molecular complexity index is 472. The quantitative estimate of drug-likeness (QED) is 0.709. The molecule has 0 bridgehead atoms. The molecule has 9 heteroatoms. The van der Waals surface area contributed by atoms with E-state index < -0.39 is 36.5 Å². The maximum atomic E-state index is 12.2. The fourth-order valence-electron chi connectivity index (χ4n) is 2.80. The molecule has 0 saturated heterocycles. The van der Waals surface area contributed by atoms with E-state index in [1.165, 1.54) is 6.92 Å². The summed E-state index contributed by atoms with van der Waals surface area (Å²) in [6.07, 6.45) is -2.51. The average Bonchev–Trinajstić information content (AvgIpc) is 3.00. The Labute approximate surface area is 152 Å². The maximum Gasteiger partial charge on any atom is 0.411 e. The second kappa shape index (κ2) is 9.43. The standard InChI is InChI=1S/C17H29F3N2O4/c1-11(25-10-17(18,19)20)14(23)22-13(12-7-5-6-8-12)9-21-15(24)26-16(2,3)4/h11-13H,5-10H2,1-4H3,(H,21,24)(H,22,23)/t11-,13-/m1/s1. The van der Waals surface area contributed by atoms with Crippen LogP contribution in [0, 0.1) is 5.92 Å². The summed E-state index contributed by atoms with van der Waals surface area (Å²) in [5, 5.41) is 5.33. The van der Waals surface area contributed by atoms with Gasteiger partial charge in [-0.15, -0.1) is 0 Å². The lowest BCUT2D eigenvalue weighted by Gasteiger charge is -2.27. The summed E-state index contributed by atoms with van der Waals surface area (Å²) in [5.41, 5.74) is -0.643. The summed E-state index contributed by atoms with van der Waals surface area (Å²) in [6, 6.07) is -0.380. The van der Waals surface area contributed by atoms with E-state index in [4.69, 9.17) is 4.74 Å². The van der Waals surface area contributed by atoms with Gasteiger partial charge in [0.2, 0.25) is 5.91 Å². The summed E-state index contributed by atoms with van der Waals surface area (Å²) in [7, 11) is 0. The van der Waals surface area contributed by atoms with Crippen molar-refractivity contribution in [1.82, 2.24) is 10.6 Å². The number of ether oxygens (including phenoxy) is 2. The zero-order chi connectivity index (χ0) is 20.0. The molecule has 26 heavy (non-hydrogen) atoms. The molecule has 6 nitrogen and oxygen atoms in total. The van der Waals surface area contributed by atoms with E-state index in [-0.39, 0.29) is 18.5 Å². The first-order valence-corrected chi connectivity index (χ1v) is 8.83. The van der Waals surface area contributed by atoms with Crippen molar-refractivity contribution in [3.05, 3.63) is 0 Å². The topological polar surface area (TPSA) is 76.7 Å². The van der Waals surface area contributed by atoms with Gasteiger partial charge in [-0.3, -0.25) is 4.79 Å². The first kappa shape index (κ1) is 22.5. The molecule has 0 aromatic carbocycles. The molecule has 1 rings (SSSR count). The van der Waals surface area contributed by atoms with Crippen LogP contribution in [0.1, 0.15) is 53.4 Å². The molecule has 0 aromatic heterocycles. The Kier molecular flexibility index (Phi) is 8.17. The Morgan fingerprint density at radius 2 is 1.73 bits per heavy atom. The number of hydrogen-bond acceptors (Lipinski definition) is 4. The van der Waals surface area contributed by atoms with Crippen molar-refractivity contribution in [2.24, 2.45) is 5.92 Å². The molecule has 152 valence electrons. The summed E-state index contributed by atoms with van der Waals surface area (Å²) in [5.74, 6) is -0.471. The normalized spacial score (nSPS) is 18.3. The average molecular weight is 382 g/mol. The molecule has 2 amide bonds. The third kappa shape index (κ3) is 9.26. The van der Waals surface area contributed by atoms with Crippen LogP contribution in [-0.2, 0) is 14.3 Å².